The molecule has 0 saturated carbocycles. The predicted octanol–water partition coefficient (Wildman–Crippen LogP) is 0.264. The second-order valence-electron chi connectivity index (χ2n) is 4.91. The number of anilines is 2. The number of carbonyl (C=O) groups excluding carboxylic acids is 2. The molecule has 0 aliphatic heterocycles. The van der Waals surface area contributed by atoms with Crippen LogP contribution in [0.2, 0.25) is 0 Å². The van der Waals surface area contributed by atoms with Crippen molar-refractivity contribution < 1.29 is 24.6 Å². The summed E-state index contributed by atoms with van der Waals surface area (Å²) in [7, 11) is 0. The van der Waals surface area contributed by atoms with Crippen LogP contribution in [0.1, 0.15) is 15.9 Å². The molecule has 0 atom stereocenters. The highest BCUT2D eigenvalue weighted by Gasteiger charge is 2.23. The zero-order valence-electron chi connectivity index (χ0n) is 13.0. The summed E-state index contributed by atoms with van der Waals surface area (Å²) < 4.78 is 0. The average Bonchev–Trinajstić information content (AvgIpc) is 3.06. The number of carboxylic acids is 1. The zero-order valence-corrected chi connectivity index (χ0v) is 13.8. The lowest BCUT2D eigenvalue weighted by Crippen LogP contribution is -2.36. The summed E-state index contributed by atoms with van der Waals surface area (Å²) in [4.78, 5) is 40.0. The number of carboxylic acid groups (broad SMARTS) is 1. The van der Waals surface area contributed by atoms with Gasteiger partial charge in [0.05, 0.1) is 0 Å². The Kier molecular flexibility index (Phi) is 6.17. The molecule has 0 bridgehead atoms. The van der Waals surface area contributed by atoms with Gasteiger partial charge in [-0.3, -0.25) is 24.6 Å². The van der Waals surface area contributed by atoms with Gasteiger partial charge in [0.1, 0.15) is 19.0 Å². The monoisotopic (exact) mass is 364 g/mol. The third-order valence-electron chi connectivity index (χ3n) is 3.11. The molecule has 10 heteroatoms. The van der Waals surface area contributed by atoms with Gasteiger partial charge in [-0.25, -0.2) is 4.98 Å². The number of thiazole rings is 1. The number of aliphatic hydroxyl groups is 1. The van der Waals surface area contributed by atoms with E-state index in [1.54, 1.807) is 24.3 Å². The first-order valence-corrected chi connectivity index (χ1v) is 8.01. The number of hydrogen-bond acceptors (Lipinski definition) is 7. The smallest absolute Gasteiger partial charge is 0.323 e. The van der Waals surface area contributed by atoms with Crippen molar-refractivity contribution in [2.75, 3.05) is 23.4 Å². The van der Waals surface area contributed by atoms with Gasteiger partial charge in [-0.15, -0.1) is 11.3 Å². The minimum absolute atomic E-state index is 0.0868. The van der Waals surface area contributed by atoms with Crippen LogP contribution in [0.15, 0.2) is 29.6 Å². The topological polar surface area (TPSA) is 146 Å². The second-order valence-corrected chi connectivity index (χ2v) is 5.76. The van der Waals surface area contributed by atoms with Crippen molar-refractivity contribution in [3.05, 3.63) is 40.8 Å². The van der Waals surface area contributed by atoms with Crippen LogP contribution in [0.5, 0.6) is 0 Å². The van der Waals surface area contributed by atoms with E-state index in [1.165, 1.54) is 5.38 Å². The van der Waals surface area contributed by atoms with E-state index in [9.17, 15) is 14.4 Å². The lowest BCUT2D eigenvalue weighted by Gasteiger charge is -2.18. The Morgan fingerprint density at radius 2 is 2.08 bits per heavy atom. The van der Waals surface area contributed by atoms with Gasteiger partial charge in [0.2, 0.25) is 0 Å². The highest BCUT2D eigenvalue weighted by Crippen LogP contribution is 2.24. The molecule has 1 heterocycles. The van der Waals surface area contributed by atoms with Gasteiger partial charge in [-0.2, -0.15) is 0 Å². The number of aliphatic carboxylic acids is 1. The van der Waals surface area contributed by atoms with E-state index in [-0.39, 0.29) is 23.1 Å². The summed E-state index contributed by atoms with van der Waals surface area (Å²) in [6.45, 7) is -1.06. The van der Waals surface area contributed by atoms with Crippen LogP contribution in [0.4, 0.5) is 10.9 Å². The van der Waals surface area contributed by atoms with Crippen LogP contribution < -0.4 is 16.0 Å². The molecule has 1 aromatic carbocycles. The van der Waals surface area contributed by atoms with Crippen molar-refractivity contribution in [1.29, 1.82) is 0 Å². The number of nitrogens with two attached hydrogens (primary N) is 1. The first-order valence-electron chi connectivity index (χ1n) is 7.13. The van der Waals surface area contributed by atoms with Crippen LogP contribution in [-0.4, -0.2) is 46.1 Å². The standard InChI is InChI=1S/C15H16N4O5S/c16-5-9-2-1-3-10(4-9)14(24)19(6-13(22)23)11-8-25-15(17-11)18-12(21)7-20/h1-4,8,20H,5-7,16H2,(H,22,23)(H,17,18,21). The van der Waals surface area contributed by atoms with E-state index in [4.69, 9.17) is 15.9 Å². The molecule has 0 spiro atoms. The Morgan fingerprint density at radius 3 is 2.72 bits per heavy atom. The molecule has 0 aliphatic rings. The van der Waals surface area contributed by atoms with E-state index in [1.807, 2.05) is 0 Å². The van der Waals surface area contributed by atoms with Crippen molar-refractivity contribution in [1.82, 2.24) is 4.98 Å². The third kappa shape index (κ3) is 4.83. The summed E-state index contributed by atoms with van der Waals surface area (Å²) in [5.74, 6) is -2.34. The number of aliphatic hydroxyl groups excluding tert-OH is 1. The van der Waals surface area contributed by atoms with Gasteiger partial charge in [-0.1, -0.05) is 12.1 Å². The van der Waals surface area contributed by atoms with E-state index in [2.05, 4.69) is 10.3 Å². The SMILES string of the molecule is NCc1cccc(C(=O)N(CC(=O)O)c2csc(NC(=O)CO)n2)c1. The lowest BCUT2D eigenvalue weighted by molar-refractivity contribution is -0.135. The molecular weight excluding hydrogens is 348 g/mol. The molecule has 2 rings (SSSR count). The Bertz CT molecular complexity index is 792. The summed E-state index contributed by atoms with van der Waals surface area (Å²) in [6.07, 6.45) is 0. The number of rotatable bonds is 7. The Morgan fingerprint density at radius 1 is 1.32 bits per heavy atom. The highest BCUT2D eigenvalue weighted by atomic mass is 32.1. The Balaban J connectivity index is 2.30. The Hall–Kier alpha value is -2.82. The van der Waals surface area contributed by atoms with Gasteiger partial charge in [-0.05, 0) is 17.7 Å². The minimum Gasteiger partial charge on any atom is -0.480 e. The maximum absolute atomic E-state index is 12.7. The largest absolute Gasteiger partial charge is 0.480 e. The number of amides is 2. The molecule has 2 aromatic rings. The summed E-state index contributed by atoms with van der Waals surface area (Å²) in [6, 6.07) is 6.54. The van der Waals surface area contributed by atoms with Crippen molar-refractivity contribution in [3.63, 3.8) is 0 Å². The normalized spacial score (nSPS) is 10.3. The van der Waals surface area contributed by atoms with E-state index < -0.39 is 30.9 Å². The Labute approximate surface area is 146 Å². The molecule has 0 unspecified atom stereocenters. The molecule has 0 saturated heterocycles. The van der Waals surface area contributed by atoms with Crippen molar-refractivity contribution >= 4 is 40.1 Å². The maximum atomic E-state index is 12.7. The summed E-state index contributed by atoms with van der Waals surface area (Å²) >= 11 is 1.01. The summed E-state index contributed by atoms with van der Waals surface area (Å²) in [5, 5.41) is 21.7. The van der Waals surface area contributed by atoms with Crippen LogP contribution in [0.3, 0.4) is 0 Å². The fourth-order valence-corrected chi connectivity index (χ4v) is 2.70. The minimum atomic E-state index is -1.21. The molecule has 0 aliphatic carbocycles. The molecular formula is C15H16N4O5S. The molecule has 2 amide bonds. The fourth-order valence-electron chi connectivity index (χ4n) is 1.98. The molecule has 5 N–H and O–H groups in total. The first kappa shape index (κ1) is 18.5. The van der Waals surface area contributed by atoms with E-state index in [0.717, 1.165) is 21.8 Å². The van der Waals surface area contributed by atoms with Gasteiger partial charge in [0.15, 0.2) is 5.13 Å². The second kappa shape index (κ2) is 8.33. The zero-order chi connectivity index (χ0) is 18.4. The van der Waals surface area contributed by atoms with Crippen LogP contribution >= 0.6 is 11.3 Å². The number of hydrogen-bond donors (Lipinski definition) is 4. The fraction of sp³-hybridized carbons (Fsp3) is 0.200. The number of nitrogens with zero attached hydrogens (tertiary/aromatic N) is 2. The third-order valence-corrected chi connectivity index (χ3v) is 3.85. The molecule has 9 nitrogen and oxygen atoms in total. The van der Waals surface area contributed by atoms with Crippen LogP contribution in [0, 0.1) is 0 Å². The molecule has 0 radical (unpaired) electrons. The predicted molar refractivity (Wildman–Crippen MR) is 91.5 cm³/mol. The van der Waals surface area contributed by atoms with E-state index >= 15 is 0 Å². The van der Waals surface area contributed by atoms with Crippen molar-refractivity contribution in [2.24, 2.45) is 5.73 Å². The molecule has 132 valence electrons. The summed E-state index contributed by atoms with van der Waals surface area (Å²) in [5.41, 5.74) is 6.57. The van der Waals surface area contributed by atoms with Crippen molar-refractivity contribution in [2.45, 2.75) is 6.54 Å². The number of benzene rings is 1. The van der Waals surface area contributed by atoms with Gasteiger partial charge in [0.25, 0.3) is 11.8 Å². The van der Waals surface area contributed by atoms with Crippen molar-refractivity contribution in [3.8, 4) is 0 Å². The highest BCUT2D eigenvalue weighted by molar-refractivity contribution is 7.14. The van der Waals surface area contributed by atoms with Gasteiger partial charge < -0.3 is 15.9 Å². The molecule has 25 heavy (non-hydrogen) atoms. The lowest BCUT2D eigenvalue weighted by atomic mass is 10.1. The molecule has 1 aromatic heterocycles. The van der Waals surface area contributed by atoms with Crippen LogP contribution in [0.25, 0.3) is 0 Å². The average molecular weight is 364 g/mol. The van der Waals surface area contributed by atoms with Gasteiger partial charge in [0, 0.05) is 17.5 Å². The number of aromatic nitrogens is 1. The maximum Gasteiger partial charge on any atom is 0.323 e. The quantitative estimate of drug-likeness (QED) is 0.551. The van der Waals surface area contributed by atoms with Gasteiger partial charge >= 0.3 is 5.97 Å². The first-order chi connectivity index (χ1) is 11.9. The number of carbonyl (C=O) groups is 3. The molecule has 0 fully saturated rings. The number of nitrogens with one attached hydrogen (secondary N) is 1. The van der Waals surface area contributed by atoms with Crippen LogP contribution in [-0.2, 0) is 16.1 Å². The van der Waals surface area contributed by atoms with E-state index in [0.29, 0.717) is 0 Å².